The number of rotatable bonds is 3. The van der Waals surface area contributed by atoms with Gasteiger partial charge in [0.1, 0.15) is 0 Å². The number of carbonyl (C=O) groups excluding carboxylic acids is 1. The van der Waals surface area contributed by atoms with Crippen LogP contribution in [0.2, 0.25) is 0 Å². The van der Waals surface area contributed by atoms with Crippen molar-refractivity contribution >= 4 is 11.9 Å². The summed E-state index contributed by atoms with van der Waals surface area (Å²) in [5.74, 6) is -1.09. The van der Waals surface area contributed by atoms with Crippen LogP contribution in [0.3, 0.4) is 0 Å². The van der Waals surface area contributed by atoms with Gasteiger partial charge in [0.25, 0.3) is 0 Å². The van der Waals surface area contributed by atoms with Crippen LogP contribution in [0.1, 0.15) is 13.3 Å². The maximum atomic E-state index is 12.0. The van der Waals surface area contributed by atoms with Crippen molar-refractivity contribution < 1.29 is 14.7 Å². The van der Waals surface area contributed by atoms with Crippen molar-refractivity contribution in [2.75, 3.05) is 13.1 Å². The van der Waals surface area contributed by atoms with Crippen LogP contribution in [0.25, 0.3) is 0 Å². The Balaban J connectivity index is 1.82. The predicted molar refractivity (Wildman–Crippen MR) is 62.1 cm³/mol. The molecule has 94 valence electrons. The molecule has 1 amide bonds. The van der Waals surface area contributed by atoms with Gasteiger partial charge in [-0.25, -0.2) is 0 Å². The molecule has 5 nitrogen and oxygen atoms in total. The van der Waals surface area contributed by atoms with Gasteiger partial charge < -0.3 is 15.7 Å². The van der Waals surface area contributed by atoms with Gasteiger partial charge in [0.05, 0.1) is 11.8 Å². The second-order valence-electron chi connectivity index (χ2n) is 5.02. The summed E-state index contributed by atoms with van der Waals surface area (Å²) in [6, 6.07) is -0.0148. The first-order chi connectivity index (χ1) is 7.99. The highest BCUT2D eigenvalue weighted by Gasteiger charge is 2.39. The molecule has 1 fully saturated rings. The molecule has 1 heterocycles. The lowest BCUT2D eigenvalue weighted by atomic mass is 9.86. The van der Waals surface area contributed by atoms with E-state index < -0.39 is 5.97 Å². The number of hydrogen-bond acceptors (Lipinski definition) is 3. The molecule has 2 rings (SSSR count). The minimum atomic E-state index is -0.787. The second-order valence-corrected chi connectivity index (χ2v) is 5.02. The number of amides is 1. The van der Waals surface area contributed by atoms with E-state index in [0.717, 1.165) is 0 Å². The fourth-order valence-corrected chi connectivity index (χ4v) is 2.36. The van der Waals surface area contributed by atoms with E-state index in [0.29, 0.717) is 19.5 Å². The number of nitrogens with two attached hydrogens (primary N) is 1. The number of likely N-dealkylation sites (tertiary alicyclic amines) is 1. The van der Waals surface area contributed by atoms with Crippen LogP contribution in [0.4, 0.5) is 0 Å². The molecule has 1 saturated heterocycles. The summed E-state index contributed by atoms with van der Waals surface area (Å²) in [4.78, 5) is 24.5. The molecule has 3 N–H and O–H groups in total. The molecule has 0 spiro atoms. The molecule has 0 radical (unpaired) electrons. The molecular formula is C12H18N2O3. The van der Waals surface area contributed by atoms with Gasteiger partial charge >= 0.3 is 5.97 Å². The topological polar surface area (TPSA) is 83.6 Å². The van der Waals surface area contributed by atoms with E-state index in [9.17, 15) is 9.59 Å². The maximum Gasteiger partial charge on any atom is 0.306 e. The highest BCUT2D eigenvalue weighted by atomic mass is 16.4. The zero-order valence-corrected chi connectivity index (χ0v) is 9.87. The largest absolute Gasteiger partial charge is 0.481 e. The summed E-state index contributed by atoms with van der Waals surface area (Å²) in [6.07, 6.45) is 4.40. The molecule has 17 heavy (non-hydrogen) atoms. The van der Waals surface area contributed by atoms with Crippen molar-refractivity contribution in [2.24, 2.45) is 23.5 Å². The minimum Gasteiger partial charge on any atom is -0.481 e. The summed E-state index contributed by atoms with van der Waals surface area (Å²) in [7, 11) is 0. The van der Waals surface area contributed by atoms with Gasteiger partial charge in [-0.1, -0.05) is 19.1 Å². The molecule has 3 unspecified atom stereocenters. The van der Waals surface area contributed by atoms with Crippen molar-refractivity contribution in [3.05, 3.63) is 12.2 Å². The molecule has 0 saturated carbocycles. The van der Waals surface area contributed by atoms with Gasteiger partial charge in [-0.05, 0) is 6.42 Å². The molecular weight excluding hydrogens is 220 g/mol. The number of carboxylic acids is 1. The first-order valence-electron chi connectivity index (χ1n) is 5.94. The Morgan fingerprint density at radius 1 is 1.41 bits per heavy atom. The third-order valence-corrected chi connectivity index (χ3v) is 3.75. The van der Waals surface area contributed by atoms with E-state index in [4.69, 9.17) is 10.8 Å². The fraction of sp³-hybridized carbons (Fsp3) is 0.667. The van der Waals surface area contributed by atoms with Crippen molar-refractivity contribution in [2.45, 2.75) is 19.4 Å². The van der Waals surface area contributed by atoms with Crippen molar-refractivity contribution in [3.8, 4) is 0 Å². The van der Waals surface area contributed by atoms with E-state index in [2.05, 4.69) is 0 Å². The van der Waals surface area contributed by atoms with Gasteiger partial charge in [-0.2, -0.15) is 0 Å². The third kappa shape index (κ3) is 2.34. The van der Waals surface area contributed by atoms with Gasteiger partial charge in [0.2, 0.25) is 5.91 Å². The lowest BCUT2D eigenvalue weighted by Gasteiger charge is -2.42. The summed E-state index contributed by atoms with van der Waals surface area (Å²) < 4.78 is 0. The Hall–Kier alpha value is -1.36. The predicted octanol–water partition coefficient (Wildman–Crippen LogP) is 0.0689. The molecule has 2 aliphatic rings. The minimum absolute atomic E-state index is 0.0148. The van der Waals surface area contributed by atoms with Crippen LogP contribution in [-0.4, -0.2) is 41.0 Å². The molecule has 0 aromatic rings. The van der Waals surface area contributed by atoms with Crippen molar-refractivity contribution in [1.29, 1.82) is 0 Å². The molecule has 0 aromatic carbocycles. The van der Waals surface area contributed by atoms with E-state index in [1.807, 2.05) is 12.2 Å². The zero-order chi connectivity index (χ0) is 12.6. The maximum absolute atomic E-state index is 12.0. The molecule has 5 heteroatoms. The fourth-order valence-electron chi connectivity index (χ4n) is 2.36. The lowest BCUT2D eigenvalue weighted by Crippen LogP contribution is -2.54. The third-order valence-electron chi connectivity index (χ3n) is 3.75. The summed E-state index contributed by atoms with van der Waals surface area (Å²) in [6.45, 7) is 2.82. The van der Waals surface area contributed by atoms with E-state index in [1.54, 1.807) is 11.8 Å². The highest BCUT2D eigenvalue weighted by Crippen LogP contribution is 2.28. The van der Waals surface area contributed by atoms with Gasteiger partial charge in [-0.3, -0.25) is 9.59 Å². The molecule has 0 bridgehead atoms. The highest BCUT2D eigenvalue weighted by molar-refractivity contribution is 5.82. The number of nitrogens with zero attached hydrogens (tertiary/aromatic N) is 1. The first kappa shape index (κ1) is 12.1. The second kappa shape index (κ2) is 4.49. The Kier molecular flexibility index (Phi) is 3.19. The molecule has 1 aliphatic heterocycles. The lowest BCUT2D eigenvalue weighted by molar-refractivity contribution is -0.151. The normalized spacial score (nSPS) is 30.1. The van der Waals surface area contributed by atoms with E-state index in [-0.39, 0.29) is 29.7 Å². The SMILES string of the molecule is CC(C(=O)O)C1CN(C(=O)C2C=CC(N)C2)C1. The van der Waals surface area contributed by atoms with Crippen LogP contribution in [-0.2, 0) is 9.59 Å². The van der Waals surface area contributed by atoms with Gasteiger partial charge in [0.15, 0.2) is 0 Å². The average Bonchev–Trinajstić information content (AvgIpc) is 2.62. The number of carbonyl (C=O) groups is 2. The quantitative estimate of drug-likeness (QED) is 0.681. The number of hydrogen-bond donors (Lipinski definition) is 2. The van der Waals surface area contributed by atoms with E-state index >= 15 is 0 Å². The van der Waals surface area contributed by atoms with Crippen LogP contribution in [0.15, 0.2) is 12.2 Å². The Morgan fingerprint density at radius 3 is 2.53 bits per heavy atom. The number of aliphatic carboxylic acids is 1. The van der Waals surface area contributed by atoms with E-state index in [1.165, 1.54) is 0 Å². The average molecular weight is 238 g/mol. The standard InChI is InChI=1S/C12H18N2O3/c1-7(12(16)17)9-5-14(6-9)11(15)8-2-3-10(13)4-8/h2-3,7-10H,4-6,13H2,1H3,(H,16,17). The Bertz CT molecular complexity index is 361. The van der Waals surface area contributed by atoms with Gasteiger partial charge in [-0.15, -0.1) is 0 Å². The molecule has 3 atom stereocenters. The van der Waals surface area contributed by atoms with Crippen LogP contribution >= 0.6 is 0 Å². The van der Waals surface area contributed by atoms with Crippen LogP contribution < -0.4 is 5.73 Å². The van der Waals surface area contributed by atoms with Crippen molar-refractivity contribution in [3.63, 3.8) is 0 Å². The molecule has 1 aliphatic carbocycles. The summed E-state index contributed by atoms with van der Waals surface area (Å²) in [5.41, 5.74) is 5.70. The van der Waals surface area contributed by atoms with Crippen LogP contribution in [0, 0.1) is 17.8 Å². The van der Waals surface area contributed by atoms with Crippen molar-refractivity contribution in [1.82, 2.24) is 4.90 Å². The zero-order valence-electron chi connectivity index (χ0n) is 9.87. The summed E-state index contributed by atoms with van der Waals surface area (Å²) in [5, 5.41) is 8.86. The first-order valence-corrected chi connectivity index (χ1v) is 5.94. The summed E-state index contributed by atoms with van der Waals surface area (Å²) >= 11 is 0. The van der Waals surface area contributed by atoms with Gasteiger partial charge in [0, 0.05) is 25.0 Å². The molecule has 0 aromatic heterocycles. The van der Waals surface area contributed by atoms with Crippen LogP contribution in [0.5, 0.6) is 0 Å². The monoisotopic (exact) mass is 238 g/mol. The smallest absolute Gasteiger partial charge is 0.306 e. The Morgan fingerprint density at radius 2 is 2.06 bits per heavy atom. The number of carboxylic acid groups (broad SMARTS) is 1. The Labute approximate surface area is 100 Å².